The number of nitrogens with zero attached hydrogens (tertiary/aromatic N) is 2. The van der Waals surface area contributed by atoms with Crippen LogP contribution in [0.25, 0.3) is 0 Å². The number of hydrogen-bond donors (Lipinski definition) is 3. The number of carbonyl (C=O) groups excluding carboxylic acids is 2. The van der Waals surface area contributed by atoms with Crippen LogP contribution in [0.4, 0.5) is 15.9 Å². The van der Waals surface area contributed by atoms with Gasteiger partial charge in [-0.05, 0) is 35.2 Å². The molecule has 0 bridgehead atoms. The number of anilines is 2. The zero-order chi connectivity index (χ0) is 25.3. The van der Waals surface area contributed by atoms with Gasteiger partial charge in [-0.2, -0.15) is 5.10 Å². The van der Waals surface area contributed by atoms with Crippen LogP contribution in [-0.4, -0.2) is 42.1 Å². The number of amides is 2. The molecule has 10 heteroatoms. The van der Waals surface area contributed by atoms with E-state index in [9.17, 15) is 18.8 Å². The summed E-state index contributed by atoms with van der Waals surface area (Å²) in [5, 5.41) is 11.5. The Bertz CT molecular complexity index is 1330. The molecular formula is C25H25ClFN5O3. The molecule has 0 atom stereocenters. The first-order valence-electron chi connectivity index (χ1n) is 11.1. The highest BCUT2D eigenvalue weighted by atomic mass is 35.5. The van der Waals surface area contributed by atoms with Gasteiger partial charge in [0.2, 0.25) is 5.91 Å². The van der Waals surface area contributed by atoms with Crippen molar-refractivity contribution in [2.75, 3.05) is 30.4 Å². The van der Waals surface area contributed by atoms with Crippen LogP contribution < -0.4 is 21.1 Å². The summed E-state index contributed by atoms with van der Waals surface area (Å²) >= 11 is 5.89. The number of rotatable bonds is 6. The minimum atomic E-state index is -1.01. The molecule has 182 valence electrons. The predicted octanol–water partition coefficient (Wildman–Crippen LogP) is 3.44. The van der Waals surface area contributed by atoms with Crippen molar-refractivity contribution in [3.63, 3.8) is 0 Å². The van der Waals surface area contributed by atoms with E-state index < -0.39 is 23.0 Å². The summed E-state index contributed by atoms with van der Waals surface area (Å²) in [6, 6.07) is 12.9. The summed E-state index contributed by atoms with van der Waals surface area (Å²) in [6.45, 7) is 4.63. The third-order valence-corrected chi connectivity index (χ3v) is 6.51. The third kappa shape index (κ3) is 4.51. The van der Waals surface area contributed by atoms with E-state index in [-0.39, 0.29) is 40.8 Å². The van der Waals surface area contributed by atoms with Crippen molar-refractivity contribution in [1.82, 2.24) is 15.5 Å². The number of halogens is 2. The summed E-state index contributed by atoms with van der Waals surface area (Å²) < 4.78 is 14.3. The van der Waals surface area contributed by atoms with E-state index in [0.717, 1.165) is 17.2 Å². The molecule has 0 radical (unpaired) electrons. The van der Waals surface area contributed by atoms with Gasteiger partial charge in [0.05, 0.1) is 16.3 Å². The van der Waals surface area contributed by atoms with Crippen molar-refractivity contribution in [2.45, 2.75) is 25.2 Å². The zero-order valence-corrected chi connectivity index (χ0v) is 20.2. The Kier molecular flexibility index (Phi) is 6.62. The summed E-state index contributed by atoms with van der Waals surface area (Å²) in [5.41, 5.74) is 0.593. The standard InChI is InChI=1S/C25H25ClFN5O3/c1-14(2)15-6-4-5-7-17(15)25(12-32(13-25)21-8-9-22(33)31-30-21)24(35)29-20-11-19(27)18(26)10-16(20)23(34)28-3/h4-11,14H,12-13H2,1-3H3,(H,28,34)(H,29,35)(H,31,33). The number of nitrogens with one attached hydrogen (secondary N) is 3. The fourth-order valence-corrected chi connectivity index (χ4v) is 4.53. The van der Waals surface area contributed by atoms with Crippen LogP contribution in [0.2, 0.25) is 5.02 Å². The number of H-pyrrole nitrogens is 1. The molecule has 3 aromatic rings. The van der Waals surface area contributed by atoms with Crippen LogP contribution in [0.15, 0.2) is 53.3 Å². The quantitative estimate of drug-likeness (QED) is 0.483. The van der Waals surface area contributed by atoms with E-state index >= 15 is 0 Å². The number of benzene rings is 2. The molecule has 0 saturated carbocycles. The van der Waals surface area contributed by atoms with Gasteiger partial charge in [-0.1, -0.05) is 49.7 Å². The molecule has 1 aromatic heterocycles. The van der Waals surface area contributed by atoms with Crippen molar-refractivity contribution in [3.05, 3.63) is 86.4 Å². The van der Waals surface area contributed by atoms with Gasteiger partial charge in [0.25, 0.3) is 11.5 Å². The summed E-state index contributed by atoms with van der Waals surface area (Å²) in [7, 11) is 1.44. The van der Waals surface area contributed by atoms with E-state index in [4.69, 9.17) is 11.6 Å². The van der Waals surface area contributed by atoms with Crippen LogP contribution in [0.5, 0.6) is 0 Å². The Balaban J connectivity index is 1.76. The first kappa shape index (κ1) is 24.4. The molecule has 8 nitrogen and oxygen atoms in total. The lowest BCUT2D eigenvalue weighted by Crippen LogP contribution is -2.66. The van der Waals surface area contributed by atoms with Gasteiger partial charge in [-0.15, -0.1) is 0 Å². The highest BCUT2D eigenvalue weighted by Crippen LogP contribution is 2.41. The van der Waals surface area contributed by atoms with Crippen molar-refractivity contribution >= 4 is 34.9 Å². The van der Waals surface area contributed by atoms with Crippen molar-refractivity contribution in [3.8, 4) is 0 Å². The van der Waals surface area contributed by atoms with E-state index in [2.05, 4.69) is 20.8 Å². The minimum Gasteiger partial charge on any atom is -0.355 e. The lowest BCUT2D eigenvalue weighted by atomic mass is 9.69. The summed E-state index contributed by atoms with van der Waals surface area (Å²) in [6.07, 6.45) is 0. The minimum absolute atomic E-state index is 0.0262. The first-order chi connectivity index (χ1) is 16.7. The smallest absolute Gasteiger partial charge is 0.264 e. The van der Waals surface area contributed by atoms with Crippen LogP contribution >= 0.6 is 11.6 Å². The Morgan fingerprint density at radius 2 is 1.89 bits per heavy atom. The highest BCUT2D eigenvalue weighted by Gasteiger charge is 2.52. The normalized spacial score (nSPS) is 14.4. The SMILES string of the molecule is CNC(=O)c1cc(Cl)c(F)cc1NC(=O)C1(c2ccccc2C(C)C)CN(c2ccc(=O)[nH]n2)C1. The molecule has 1 fully saturated rings. The Hall–Kier alpha value is -3.72. The summed E-state index contributed by atoms with van der Waals surface area (Å²) in [5.74, 6) is -0.979. The average molecular weight is 498 g/mol. The molecule has 1 saturated heterocycles. The van der Waals surface area contributed by atoms with Gasteiger partial charge >= 0.3 is 0 Å². The fourth-order valence-electron chi connectivity index (χ4n) is 4.37. The van der Waals surface area contributed by atoms with Crippen molar-refractivity contribution in [1.29, 1.82) is 0 Å². The second kappa shape index (κ2) is 9.50. The third-order valence-electron chi connectivity index (χ3n) is 6.22. The van der Waals surface area contributed by atoms with Crippen LogP contribution in [-0.2, 0) is 10.2 Å². The second-order valence-corrected chi connectivity index (χ2v) is 9.21. The lowest BCUT2D eigenvalue weighted by Gasteiger charge is -2.50. The molecule has 2 aromatic carbocycles. The van der Waals surface area contributed by atoms with E-state index in [1.807, 2.05) is 43.0 Å². The van der Waals surface area contributed by atoms with Crippen LogP contribution in [0, 0.1) is 5.82 Å². The fraction of sp³-hybridized carbons (Fsp3) is 0.280. The molecule has 0 unspecified atom stereocenters. The lowest BCUT2D eigenvalue weighted by molar-refractivity contribution is -0.122. The molecule has 3 N–H and O–H groups in total. The average Bonchev–Trinajstić information content (AvgIpc) is 2.81. The van der Waals surface area contributed by atoms with Gasteiger partial charge < -0.3 is 15.5 Å². The molecule has 2 amide bonds. The number of carbonyl (C=O) groups is 2. The molecule has 35 heavy (non-hydrogen) atoms. The first-order valence-corrected chi connectivity index (χ1v) is 11.5. The van der Waals surface area contributed by atoms with Gasteiger partial charge in [0, 0.05) is 26.2 Å². The number of aromatic amines is 1. The number of hydrogen-bond acceptors (Lipinski definition) is 5. The van der Waals surface area contributed by atoms with Gasteiger partial charge in [-0.3, -0.25) is 14.4 Å². The van der Waals surface area contributed by atoms with Crippen LogP contribution in [0.1, 0.15) is 41.3 Å². The van der Waals surface area contributed by atoms with Crippen LogP contribution in [0.3, 0.4) is 0 Å². The molecular weight excluding hydrogens is 473 g/mol. The second-order valence-electron chi connectivity index (χ2n) is 8.80. The summed E-state index contributed by atoms with van der Waals surface area (Å²) in [4.78, 5) is 39.6. The molecule has 0 aliphatic carbocycles. The van der Waals surface area contributed by atoms with E-state index in [1.165, 1.54) is 19.2 Å². The Morgan fingerprint density at radius 1 is 1.17 bits per heavy atom. The largest absolute Gasteiger partial charge is 0.355 e. The van der Waals surface area contributed by atoms with Gasteiger partial charge in [-0.25, -0.2) is 9.49 Å². The molecule has 0 spiro atoms. The number of aromatic nitrogens is 2. The zero-order valence-electron chi connectivity index (χ0n) is 19.5. The predicted molar refractivity (Wildman–Crippen MR) is 133 cm³/mol. The molecule has 1 aliphatic heterocycles. The van der Waals surface area contributed by atoms with E-state index in [0.29, 0.717) is 5.82 Å². The van der Waals surface area contributed by atoms with E-state index in [1.54, 1.807) is 6.07 Å². The van der Waals surface area contributed by atoms with Gasteiger partial charge in [0.15, 0.2) is 0 Å². The molecule has 1 aliphatic rings. The Morgan fingerprint density at radius 3 is 2.51 bits per heavy atom. The maximum atomic E-state index is 14.3. The topological polar surface area (TPSA) is 107 Å². The highest BCUT2D eigenvalue weighted by molar-refractivity contribution is 6.31. The molecule has 2 heterocycles. The maximum Gasteiger partial charge on any atom is 0.264 e. The Labute approximate surface area is 206 Å². The van der Waals surface area contributed by atoms with Crippen molar-refractivity contribution in [2.24, 2.45) is 0 Å². The monoisotopic (exact) mass is 497 g/mol. The van der Waals surface area contributed by atoms with Gasteiger partial charge in [0.1, 0.15) is 17.1 Å². The van der Waals surface area contributed by atoms with Crippen molar-refractivity contribution < 1.29 is 14.0 Å². The maximum absolute atomic E-state index is 14.3. The molecule has 4 rings (SSSR count).